The van der Waals surface area contributed by atoms with Crippen LogP contribution in [0.5, 0.6) is 11.5 Å². The molecule has 3 aromatic rings. The Hall–Kier alpha value is -4.58. The quantitative estimate of drug-likeness (QED) is 0.270. The van der Waals surface area contributed by atoms with E-state index >= 15 is 0 Å². The van der Waals surface area contributed by atoms with E-state index in [0.717, 1.165) is 25.0 Å². The first-order valence-electron chi connectivity index (χ1n) is 13.2. The van der Waals surface area contributed by atoms with Crippen molar-refractivity contribution in [3.63, 3.8) is 0 Å². The van der Waals surface area contributed by atoms with Crippen molar-refractivity contribution in [2.45, 2.75) is 37.5 Å². The highest BCUT2D eigenvalue weighted by Gasteiger charge is 2.39. The molecule has 12 heteroatoms. The third-order valence-corrected chi connectivity index (χ3v) is 8.67. The summed E-state index contributed by atoms with van der Waals surface area (Å²) in [5.74, 6) is 0.918. The molecule has 0 bridgehead atoms. The number of methoxy groups -OCH3 is 2. The first kappa shape index (κ1) is 28.0. The fraction of sp³-hybridized carbons (Fsp3) is 0.276. The van der Waals surface area contributed by atoms with Gasteiger partial charge in [-0.2, -0.15) is 0 Å². The van der Waals surface area contributed by atoms with E-state index in [-0.39, 0.29) is 21.8 Å². The van der Waals surface area contributed by atoms with Gasteiger partial charge in [-0.25, -0.2) is 18.4 Å². The van der Waals surface area contributed by atoms with Gasteiger partial charge in [-0.15, -0.1) is 0 Å². The normalized spacial score (nSPS) is 18.3. The molecular formula is C29H32N6O5S. The van der Waals surface area contributed by atoms with Crippen LogP contribution in [0.4, 0.5) is 11.4 Å². The molecule has 214 valence electrons. The van der Waals surface area contributed by atoms with Crippen LogP contribution in [-0.2, 0) is 10.0 Å². The minimum Gasteiger partial charge on any atom is -0.497 e. The molecule has 0 spiro atoms. The zero-order valence-corrected chi connectivity index (χ0v) is 23.8. The van der Waals surface area contributed by atoms with Gasteiger partial charge in [0, 0.05) is 53.3 Å². The molecule has 1 amide bonds. The summed E-state index contributed by atoms with van der Waals surface area (Å²) in [6, 6.07) is 11.4. The summed E-state index contributed by atoms with van der Waals surface area (Å²) in [7, 11) is -0.949. The number of ether oxygens (including phenoxy) is 2. The molecule has 2 aromatic carbocycles. The molecule has 0 radical (unpaired) electrons. The van der Waals surface area contributed by atoms with Crippen LogP contribution >= 0.6 is 0 Å². The first-order valence-corrected chi connectivity index (χ1v) is 14.7. The molecule has 0 saturated heterocycles. The zero-order valence-electron chi connectivity index (χ0n) is 23.0. The highest BCUT2D eigenvalue weighted by molar-refractivity contribution is 7.89. The number of anilines is 2. The third kappa shape index (κ3) is 5.97. The van der Waals surface area contributed by atoms with E-state index < -0.39 is 15.9 Å². The lowest BCUT2D eigenvalue weighted by molar-refractivity contribution is 0.102. The molecule has 0 saturated carbocycles. The topological polar surface area (TPSA) is 147 Å². The number of carbonyl (C=O) groups is 1. The minimum atomic E-state index is -4.09. The number of H-pyrrole nitrogens is 1. The van der Waals surface area contributed by atoms with E-state index in [0.29, 0.717) is 35.0 Å². The Morgan fingerprint density at radius 1 is 1.10 bits per heavy atom. The summed E-state index contributed by atoms with van der Waals surface area (Å²) in [6.07, 6.45) is 10.1. The van der Waals surface area contributed by atoms with Crippen LogP contribution in [0, 0.1) is 5.41 Å². The van der Waals surface area contributed by atoms with E-state index in [1.54, 1.807) is 32.4 Å². The predicted octanol–water partition coefficient (Wildman–Crippen LogP) is 4.83. The number of aromatic amines is 1. The first-order chi connectivity index (χ1) is 19.7. The lowest BCUT2D eigenvalue weighted by atomic mass is 9.69. The second kappa shape index (κ2) is 11.5. The number of rotatable bonds is 10. The van der Waals surface area contributed by atoms with E-state index in [4.69, 9.17) is 14.5 Å². The number of hydrogen-bond donors (Lipinski definition) is 4. The monoisotopic (exact) mass is 576 g/mol. The van der Waals surface area contributed by atoms with Gasteiger partial charge in [-0.1, -0.05) is 19.1 Å². The third-order valence-electron chi connectivity index (χ3n) is 7.33. The Morgan fingerprint density at radius 2 is 1.88 bits per heavy atom. The van der Waals surface area contributed by atoms with Crippen LogP contribution in [0.3, 0.4) is 0 Å². The van der Waals surface area contributed by atoms with Crippen LogP contribution < -0.4 is 24.8 Å². The second-order valence-electron chi connectivity index (χ2n) is 9.84. The molecule has 0 fully saturated rings. The number of amides is 1. The summed E-state index contributed by atoms with van der Waals surface area (Å²) in [6.45, 7) is 2.12. The molecule has 5 rings (SSSR count). The molecule has 1 aliphatic heterocycles. The number of benzene rings is 2. The average Bonchev–Trinajstić information content (AvgIpc) is 3.53. The number of nitrogens with one attached hydrogen (secondary N) is 4. The van der Waals surface area contributed by atoms with Crippen molar-refractivity contribution in [3.05, 3.63) is 84.4 Å². The van der Waals surface area contributed by atoms with Gasteiger partial charge in [0.05, 0.1) is 31.1 Å². The number of fused-ring (bicyclic) bond motifs is 1. The summed E-state index contributed by atoms with van der Waals surface area (Å²) in [5.41, 5.74) is 2.43. The average molecular weight is 577 g/mol. The van der Waals surface area contributed by atoms with Crippen LogP contribution in [0.2, 0.25) is 0 Å². The van der Waals surface area contributed by atoms with Crippen molar-refractivity contribution in [2.75, 3.05) is 24.9 Å². The zero-order chi connectivity index (χ0) is 29.0. The van der Waals surface area contributed by atoms with Gasteiger partial charge in [-0.3, -0.25) is 9.52 Å². The van der Waals surface area contributed by atoms with Crippen LogP contribution in [0.25, 0.3) is 0 Å². The largest absolute Gasteiger partial charge is 0.497 e. The van der Waals surface area contributed by atoms with Crippen molar-refractivity contribution in [2.24, 2.45) is 10.4 Å². The summed E-state index contributed by atoms with van der Waals surface area (Å²) < 4.78 is 40.8. The molecule has 1 aliphatic carbocycles. The Balaban J connectivity index is 1.50. The highest BCUT2D eigenvalue weighted by atomic mass is 32.2. The maximum absolute atomic E-state index is 13.6. The molecule has 41 heavy (non-hydrogen) atoms. The van der Waals surface area contributed by atoms with Crippen LogP contribution in [-0.4, -0.2) is 44.2 Å². The fourth-order valence-electron chi connectivity index (χ4n) is 5.04. The number of sulfonamides is 1. The molecule has 2 aliphatic rings. The van der Waals surface area contributed by atoms with Crippen LogP contribution in [0.15, 0.2) is 88.5 Å². The van der Waals surface area contributed by atoms with Gasteiger partial charge in [0.1, 0.15) is 17.2 Å². The number of aliphatic imine (C=N–C) groups is 1. The number of carbonyl (C=O) groups excluding carboxylic acids is 1. The lowest BCUT2D eigenvalue weighted by Crippen LogP contribution is -2.38. The second-order valence-corrected chi connectivity index (χ2v) is 11.5. The van der Waals surface area contributed by atoms with Crippen molar-refractivity contribution in [1.82, 2.24) is 14.7 Å². The van der Waals surface area contributed by atoms with E-state index in [1.165, 1.54) is 24.7 Å². The van der Waals surface area contributed by atoms with E-state index in [9.17, 15) is 13.2 Å². The molecule has 2 heterocycles. The van der Waals surface area contributed by atoms with Crippen molar-refractivity contribution in [3.8, 4) is 11.5 Å². The molecule has 1 unspecified atom stereocenters. The summed E-state index contributed by atoms with van der Waals surface area (Å²) in [4.78, 5) is 23.9. The Kier molecular flexibility index (Phi) is 7.84. The minimum absolute atomic E-state index is 0.0288. The Labute approximate surface area is 238 Å². The van der Waals surface area contributed by atoms with Crippen LogP contribution in [0.1, 0.15) is 43.1 Å². The van der Waals surface area contributed by atoms with Crippen molar-refractivity contribution in [1.29, 1.82) is 0 Å². The number of nitrogens with zero attached hydrogens (tertiary/aromatic N) is 2. The Morgan fingerprint density at radius 3 is 2.56 bits per heavy atom. The molecular weight excluding hydrogens is 544 g/mol. The van der Waals surface area contributed by atoms with E-state index in [1.807, 2.05) is 18.2 Å². The van der Waals surface area contributed by atoms with Gasteiger partial charge in [0.2, 0.25) is 0 Å². The number of aromatic nitrogens is 2. The highest BCUT2D eigenvalue weighted by Crippen LogP contribution is 2.44. The maximum atomic E-state index is 13.6. The maximum Gasteiger partial charge on any atom is 0.275 e. The standard InChI is InChI=1S/C29H32N6O5S/c1-4-29-11-6-5-10-26(29)34-27(24(16-29)32-20-12-21(39-2)15-22(13-20)40-3)35-41(37,38)23-9-7-8-19(14-23)33-28(36)25-17-30-18-31-25/h5,7-10,12-15,17-18,32,35H,4,6,11,16H2,1-3H3,(H,30,31)(H,33,36). The van der Waals surface area contributed by atoms with Gasteiger partial charge >= 0.3 is 0 Å². The van der Waals surface area contributed by atoms with Gasteiger partial charge < -0.3 is 25.1 Å². The van der Waals surface area contributed by atoms with Gasteiger partial charge in [-0.05, 0) is 43.5 Å². The van der Waals surface area contributed by atoms with Gasteiger partial charge in [0.15, 0.2) is 5.82 Å². The summed E-state index contributed by atoms with van der Waals surface area (Å²) >= 11 is 0. The predicted molar refractivity (Wildman–Crippen MR) is 157 cm³/mol. The molecule has 1 aromatic heterocycles. The SMILES string of the molecule is CCC12CCC=CC1=NC(NS(=O)(=O)c1cccc(NC(=O)c3c[nH]cn3)c1)=C(Nc1cc(OC)cc(OC)c1)C2. The number of imidazole rings is 1. The number of hydrogen-bond acceptors (Lipinski definition) is 8. The fourth-order valence-corrected chi connectivity index (χ4v) is 6.12. The number of allylic oxidation sites excluding steroid dienone is 3. The summed E-state index contributed by atoms with van der Waals surface area (Å²) in [5, 5.41) is 6.07. The molecule has 1 atom stereocenters. The van der Waals surface area contributed by atoms with Crippen molar-refractivity contribution < 1.29 is 22.7 Å². The van der Waals surface area contributed by atoms with E-state index in [2.05, 4.69) is 38.3 Å². The molecule has 11 nitrogen and oxygen atoms in total. The Bertz CT molecular complexity index is 1620. The molecule has 4 N–H and O–H groups in total. The lowest BCUT2D eigenvalue weighted by Gasteiger charge is -2.39. The smallest absolute Gasteiger partial charge is 0.275 e. The van der Waals surface area contributed by atoms with Gasteiger partial charge in [0.25, 0.3) is 15.9 Å². The van der Waals surface area contributed by atoms with Crippen molar-refractivity contribution >= 4 is 33.0 Å².